The number of allylic oxidation sites excluding steroid dienone is 4. The van der Waals surface area contributed by atoms with Crippen LogP contribution >= 0.6 is 0 Å². The smallest absolute Gasteiger partial charge is 0.0591 e. The highest BCUT2D eigenvalue weighted by Crippen LogP contribution is 1.77. The van der Waals surface area contributed by atoms with E-state index in [9.17, 15) is 0 Å². The van der Waals surface area contributed by atoms with Crippen molar-refractivity contribution in [2.24, 2.45) is 0 Å². The van der Waals surface area contributed by atoms with Crippen molar-refractivity contribution in [3.63, 3.8) is 0 Å². The highest BCUT2D eigenvalue weighted by molar-refractivity contribution is 4.88. The molecule has 4 heteroatoms. The fourth-order valence-corrected chi connectivity index (χ4v) is 1.03. The zero-order chi connectivity index (χ0) is 15.3. The van der Waals surface area contributed by atoms with Crippen LogP contribution in [0.2, 0.25) is 0 Å². The van der Waals surface area contributed by atoms with Crippen molar-refractivity contribution in [3.05, 3.63) is 50.6 Å². The topological polar surface area (TPSA) is 42.5 Å². The average Bonchev–Trinajstić information content (AvgIpc) is 2.59. The van der Waals surface area contributed by atoms with Gasteiger partial charge in [-0.25, -0.2) is 0 Å². The summed E-state index contributed by atoms with van der Waals surface area (Å²) in [5, 5.41) is 6.32. The minimum absolute atomic E-state index is 0.889. The van der Waals surface area contributed by atoms with E-state index in [-0.39, 0.29) is 0 Å². The van der Waals surface area contributed by atoms with Crippen LogP contribution in [0.15, 0.2) is 50.6 Å². The van der Waals surface area contributed by atoms with Gasteiger partial charge < -0.3 is 20.1 Å². The van der Waals surface area contributed by atoms with E-state index in [0.717, 1.165) is 52.6 Å². The molecule has 20 heavy (non-hydrogen) atoms. The third-order valence-corrected chi connectivity index (χ3v) is 2.03. The highest BCUT2D eigenvalue weighted by Gasteiger charge is 1.93. The van der Waals surface area contributed by atoms with Gasteiger partial charge in [-0.3, -0.25) is 0 Å². The van der Waals surface area contributed by atoms with Crippen molar-refractivity contribution < 1.29 is 9.47 Å². The van der Waals surface area contributed by atoms with Crippen LogP contribution in [0.5, 0.6) is 0 Å². The van der Waals surface area contributed by atoms with Crippen molar-refractivity contribution in [1.29, 1.82) is 0 Å². The number of hydrogen-bond donors (Lipinski definition) is 2. The monoisotopic (exact) mass is 282 g/mol. The van der Waals surface area contributed by atoms with Gasteiger partial charge in [-0.05, 0) is 0 Å². The van der Waals surface area contributed by atoms with Gasteiger partial charge in [0.25, 0.3) is 0 Å². The second-order valence-electron chi connectivity index (χ2n) is 3.67. The molecule has 0 saturated carbocycles. The van der Waals surface area contributed by atoms with Crippen LogP contribution in [-0.4, -0.2) is 52.6 Å². The standard InChI is InChI=1S/2C4H9NO.2C4H6/c2*1-3-6-4-2-5-1;2*1-3-4-2/h2*5H,1-4H2;2*3-4H,1-2H2. The maximum absolute atomic E-state index is 5.01. The van der Waals surface area contributed by atoms with Gasteiger partial charge in [0.1, 0.15) is 0 Å². The lowest BCUT2D eigenvalue weighted by Crippen LogP contribution is -2.30. The maximum atomic E-state index is 5.01. The maximum Gasteiger partial charge on any atom is 0.0591 e. The van der Waals surface area contributed by atoms with Crippen LogP contribution in [0.3, 0.4) is 0 Å². The first-order valence-corrected chi connectivity index (χ1v) is 6.87. The molecule has 2 saturated heterocycles. The van der Waals surface area contributed by atoms with E-state index in [1.807, 2.05) is 0 Å². The number of nitrogens with one attached hydrogen (secondary N) is 2. The first kappa shape index (κ1) is 21.1. The minimum Gasteiger partial charge on any atom is -0.379 e. The van der Waals surface area contributed by atoms with Gasteiger partial charge in [0.15, 0.2) is 0 Å². The molecule has 0 aromatic carbocycles. The summed E-state index contributed by atoms with van der Waals surface area (Å²) < 4.78 is 10.0. The summed E-state index contributed by atoms with van der Waals surface area (Å²) in [5.41, 5.74) is 0. The van der Waals surface area contributed by atoms with E-state index in [0.29, 0.717) is 0 Å². The molecule has 0 radical (unpaired) electrons. The molecule has 0 unspecified atom stereocenters. The normalized spacial score (nSPS) is 16.4. The van der Waals surface area contributed by atoms with Crippen molar-refractivity contribution in [3.8, 4) is 0 Å². The van der Waals surface area contributed by atoms with Crippen molar-refractivity contribution in [2.75, 3.05) is 52.6 Å². The van der Waals surface area contributed by atoms with Gasteiger partial charge in [0, 0.05) is 26.2 Å². The lowest BCUT2D eigenvalue weighted by molar-refractivity contribution is 0.109. The number of morpholine rings is 2. The lowest BCUT2D eigenvalue weighted by Gasteiger charge is -2.10. The summed E-state index contributed by atoms with van der Waals surface area (Å²) in [4.78, 5) is 0. The SMILES string of the molecule is C1COCCN1.C1COCCN1.C=CC=C.C=CC=C. The molecule has 0 amide bonds. The molecule has 0 atom stereocenters. The van der Waals surface area contributed by atoms with Gasteiger partial charge in [-0.1, -0.05) is 50.6 Å². The van der Waals surface area contributed by atoms with Crippen LogP contribution in [0.4, 0.5) is 0 Å². The molecule has 116 valence electrons. The van der Waals surface area contributed by atoms with Gasteiger partial charge >= 0.3 is 0 Å². The molecular formula is C16H30N2O2. The van der Waals surface area contributed by atoms with E-state index in [4.69, 9.17) is 9.47 Å². The summed E-state index contributed by atoms with van der Waals surface area (Å²) in [5.74, 6) is 0. The Kier molecular flexibility index (Phi) is 24.2. The molecule has 4 nitrogen and oxygen atoms in total. The minimum atomic E-state index is 0.889. The Morgan fingerprint density at radius 2 is 0.800 bits per heavy atom. The fraction of sp³-hybridized carbons (Fsp3) is 0.500. The van der Waals surface area contributed by atoms with Crippen molar-refractivity contribution in [2.45, 2.75) is 0 Å². The predicted molar refractivity (Wildman–Crippen MR) is 88.2 cm³/mol. The predicted octanol–water partition coefficient (Wildman–Crippen LogP) is 1.93. The molecule has 0 aromatic heterocycles. The summed E-state index contributed by atoms with van der Waals surface area (Å²) in [6.07, 6.45) is 6.56. The summed E-state index contributed by atoms with van der Waals surface area (Å²) in [7, 11) is 0. The third-order valence-electron chi connectivity index (χ3n) is 2.03. The second kappa shape index (κ2) is 22.9. The summed E-state index contributed by atoms with van der Waals surface area (Å²) in [6, 6.07) is 0. The Morgan fingerprint density at radius 1 is 0.550 bits per heavy atom. The lowest BCUT2D eigenvalue weighted by atomic mass is 10.5. The molecule has 2 aliphatic rings. The largest absolute Gasteiger partial charge is 0.379 e. The van der Waals surface area contributed by atoms with Crippen molar-refractivity contribution >= 4 is 0 Å². The Bertz CT molecular complexity index is 163. The molecule has 2 fully saturated rings. The van der Waals surface area contributed by atoms with Crippen LogP contribution in [0, 0.1) is 0 Å². The van der Waals surface area contributed by atoms with E-state index in [1.54, 1.807) is 24.3 Å². The third kappa shape index (κ3) is 25.6. The van der Waals surface area contributed by atoms with Crippen LogP contribution in [0.1, 0.15) is 0 Å². The van der Waals surface area contributed by atoms with Gasteiger partial charge in [-0.15, -0.1) is 0 Å². The Balaban J connectivity index is 0. The summed E-state index contributed by atoms with van der Waals surface area (Å²) >= 11 is 0. The fourth-order valence-electron chi connectivity index (χ4n) is 1.03. The molecule has 0 aromatic rings. The molecule has 2 rings (SSSR count). The van der Waals surface area contributed by atoms with Crippen LogP contribution in [0.25, 0.3) is 0 Å². The molecule has 2 heterocycles. The first-order chi connectivity index (χ1) is 9.83. The molecule has 2 aliphatic heterocycles. The first-order valence-electron chi connectivity index (χ1n) is 6.87. The molecule has 0 spiro atoms. The molecule has 0 aliphatic carbocycles. The molecular weight excluding hydrogens is 252 g/mol. The van der Waals surface area contributed by atoms with E-state index < -0.39 is 0 Å². The van der Waals surface area contributed by atoms with Crippen molar-refractivity contribution in [1.82, 2.24) is 10.6 Å². The van der Waals surface area contributed by atoms with Gasteiger partial charge in [0.05, 0.1) is 26.4 Å². The Morgan fingerprint density at radius 3 is 0.850 bits per heavy atom. The second-order valence-corrected chi connectivity index (χ2v) is 3.67. The molecule has 2 N–H and O–H groups in total. The zero-order valence-electron chi connectivity index (χ0n) is 12.6. The average molecular weight is 282 g/mol. The number of hydrogen-bond acceptors (Lipinski definition) is 4. The number of rotatable bonds is 2. The zero-order valence-corrected chi connectivity index (χ0v) is 12.6. The Hall–Kier alpha value is -1.20. The van der Waals surface area contributed by atoms with Crippen LogP contribution < -0.4 is 10.6 Å². The van der Waals surface area contributed by atoms with Crippen LogP contribution in [-0.2, 0) is 9.47 Å². The van der Waals surface area contributed by atoms with E-state index in [1.165, 1.54) is 0 Å². The summed E-state index contributed by atoms with van der Waals surface area (Å²) in [6.45, 7) is 21.1. The van der Waals surface area contributed by atoms with E-state index in [2.05, 4.69) is 36.9 Å². The van der Waals surface area contributed by atoms with Gasteiger partial charge in [0.2, 0.25) is 0 Å². The highest BCUT2D eigenvalue weighted by atomic mass is 16.5. The number of ether oxygens (including phenoxy) is 2. The van der Waals surface area contributed by atoms with Gasteiger partial charge in [-0.2, -0.15) is 0 Å². The van der Waals surface area contributed by atoms with E-state index >= 15 is 0 Å². The molecule has 0 bridgehead atoms. The quantitative estimate of drug-likeness (QED) is 0.760. The Labute approximate surface area is 124 Å².